The van der Waals surface area contributed by atoms with Crippen LogP contribution >= 0.6 is 0 Å². The third-order valence-electron chi connectivity index (χ3n) is 2.39. The van der Waals surface area contributed by atoms with Crippen molar-refractivity contribution < 1.29 is 4.79 Å². The molecule has 0 aliphatic heterocycles. The minimum atomic E-state index is 0.108. The molecule has 0 radical (unpaired) electrons. The van der Waals surface area contributed by atoms with E-state index in [0.29, 0.717) is 6.42 Å². The van der Waals surface area contributed by atoms with E-state index in [1.54, 1.807) is 17.8 Å². The van der Waals surface area contributed by atoms with E-state index in [1.807, 2.05) is 31.2 Å². The number of hydrogen-bond acceptors (Lipinski definition) is 3. The van der Waals surface area contributed by atoms with Crippen LogP contribution in [0.5, 0.6) is 0 Å². The van der Waals surface area contributed by atoms with Crippen LogP contribution < -0.4 is 0 Å². The molecule has 4 heteroatoms. The van der Waals surface area contributed by atoms with Crippen LogP contribution in [-0.2, 0) is 11.2 Å². The quantitative estimate of drug-likeness (QED) is 0.783. The van der Waals surface area contributed by atoms with E-state index in [-0.39, 0.29) is 5.78 Å². The summed E-state index contributed by atoms with van der Waals surface area (Å²) in [6.07, 6.45) is 2.00. The highest BCUT2D eigenvalue weighted by Gasteiger charge is 2.09. The lowest BCUT2D eigenvalue weighted by atomic mass is 10.2. The van der Waals surface area contributed by atoms with Gasteiger partial charge in [0.1, 0.15) is 5.78 Å². The van der Waals surface area contributed by atoms with Gasteiger partial charge in [-0.15, -0.1) is 5.10 Å². The minimum Gasteiger partial charge on any atom is -0.300 e. The first-order valence-electron chi connectivity index (χ1n) is 5.13. The van der Waals surface area contributed by atoms with Gasteiger partial charge < -0.3 is 0 Å². The number of carbonyl (C=O) groups is 1. The summed E-state index contributed by atoms with van der Waals surface area (Å²) in [7, 11) is 0. The maximum Gasteiger partial charge on any atom is 0.135 e. The van der Waals surface area contributed by atoms with Crippen molar-refractivity contribution in [2.24, 2.45) is 0 Å². The first-order valence-corrected chi connectivity index (χ1v) is 5.13. The highest BCUT2D eigenvalue weighted by atomic mass is 16.1. The Morgan fingerprint density at radius 3 is 2.81 bits per heavy atom. The van der Waals surface area contributed by atoms with Crippen LogP contribution in [0.1, 0.15) is 18.2 Å². The maximum atomic E-state index is 11.1. The molecule has 4 nitrogen and oxygen atoms in total. The van der Waals surface area contributed by atoms with Crippen molar-refractivity contribution in [2.45, 2.75) is 20.3 Å². The molecule has 1 aromatic carbocycles. The highest BCUT2D eigenvalue weighted by molar-refractivity contribution is 5.77. The lowest BCUT2D eigenvalue weighted by Gasteiger charge is -2.07. The number of rotatable bonds is 3. The number of para-hydroxylation sites is 1. The summed E-state index contributed by atoms with van der Waals surface area (Å²) in [5.74, 6) is 0.108. The zero-order chi connectivity index (χ0) is 11.5. The number of ketones is 1. The molecule has 0 fully saturated rings. The first-order chi connectivity index (χ1) is 7.68. The maximum absolute atomic E-state index is 11.1. The van der Waals surface area contributed by atoms with Crippen LogP contribution in [0.4, 0.5) is 0 Å². The molecule has 0 spiro atoms. The van der Waals surface area contributed by atoms with E-state index in [4.69, 9.17) is 0 Å². The van der Waals surface area contributed by atoms with Crippen LogP contribution in [0.2, 0.25) is 0 Å². The zero-order valence-corrected chi connectivity index (χ0v) is 9.34. The summed E-state index contributed by atoms with van der Waals surface area (Å²) in [5.41, 5.74) is 2.90. The van der Waals surface area contributed by atoms with Gasteiger partial charge in [0.2, 0.25) is 0 Å². The topological polar surface area (TPSA) is 47.8 Å². The Labute approximate surface area is 93.9 Å². The number of hydrogen-bond donors (Lipinski definition) is 0. The van der Waals surface area contributed by atoms with Crippen molar-refractivity contribution in [2.75, 3.05) is 0 Å². The van der Waals surface area contributed by atoms with Gasteiger partial charge in [0, 0.05) is 0 Å². The summed E-state index contributed by atoms with van der Waals surface area (Å²) in [6, 6.07) is 7.89. The first kappa shape index (κ1) is 10.5. The van der Waals surface area contributed by atoms with Gasteiger partial charge in [0.25, 0.3) is 0 Å². The van der Waals surface area contributed by atoms with Gasteiger partial charge in [-0.2, -0.15) is 0 Å². The lowest BCUT2D eigenvalue weighted by molar-refractivity contribution is -0.116. The SMILES string of the molecule is CC(=O)Cc1cnnn1-c1ccccc1C. The van der Waals surface area contributed by atoms with Crippen molar-refractivity contribution in [1.82, 2.24) is 15.0 Å². The molecule has 16 heavy (non-hydrogen) atoms. The molecular weight excluding hydrogens is 202 g/mol. The number of nitrogens with zero attached hydrogens (tertiary/aromatic N) is 3. The van der Waals surface area contributed by atoms with Gasteiger partial charge in [-0.3, -0.25) is 4.79 Å². The Kier molecular flexibility index (Phi) is 2.81. The van der Waals surface area contributed by atoms with Crippen LogP contribution in [0.15, 0.2) is 30.5 Å². The summed E-state index contributed by atoms with van der Waals surface area (Å²) in [4.78, 5) is 11.1. The van der Waals surface area contributed by atoms with E-state index in [2.05, 4.69) is 10.3 Å². The number of aryl methyl sites for hydroxylation is 1. The Balaban J connectivity index is 2.45. The van der Waals surface area contributed by atoms with Crippen LogP contribution in [0.25, 0.3) is 5.69 Å². The molecule has 0 aliphatic rings. The van der Waals surface area contributed by atoms with Crippen molar-refractivity contribution in [3.8, 4) is 5.69 Å². The standard InChI is InChI=1S/C12H13N3O/c1-9-5-3-4-6-12(9)15-11(7-10(2)16)8-13-14-15/h3-6,8H,7H2,1-2H3. The van der Waals surface area contributed by atoms with Crippen molar-refractivity contribution in [3.63, 3.8) is 0 Å². The lowest BCUT2D eigenvalue weighted by Crippen LogP contribution is -2.07. The van der Waals surface area contributed by atoms with Crippen molar-refractivity contribution in [1.29, 1.82) is 0 Å². The summed E-state index contributed by atoms with van der Waals surface area (Å²) in [5, 5.41) is 7.87. The number of carbonyl (C=O) groups excluding carboxylic acids is 1. The third kappa shape index (κ3) is 2.00. The second-order valence-corrected chi connectivity index (χ2v) is 3.80. The van der Waals surface area contributed by atoms with E-state index < -0.39 is 0 Å². The molecule has 0 aliphatic carbocycles. The predicted octanol–water partition coefficient (Wildman–Crippen LogP) is 1.71. The van der Waals surface area contributed by atoms with Gasteiger partial charge in [-0.1, -0.05) is 23.4 Å². The van der Waals surface area contributed by atoms with Gasteiger partial charge in [-0.05, 0) is 25.5 Å². The number of benzene rings is 1. The fourth-order valence-corrected chi connectivity index (χ4v) is 1.64. The molecule has 0 amide bonds. The van der Waals surface area contributed by atoms with Crippen LogP contribution in [-0.4, -0.2) is 20.8 Å². The fourth-order valence-electron chi connectivity index (χ4n) is 1.64. The third-order valence-corrected chi connectivity index (χ3v) is 2.39. The average molecular weight is 215 g/mol. The van der Waals surface area contributed by atoms with E-state index in [0.717, 1.165) is 16.9 Å². The minimum absolute atomic E-state index is 0.108. The molecule has 0 atom stereocenters. The van der Waals surface area contributed by atoms with Gasteiger partial charge in [-0.25, -0.2) is 4.68 Å². The normalized spacial score (nSPS) is 10.4. The summed E-state index contributed by atoms with van der Waals surface area (Å²) >= 11 is 0. The van der Waals surface area contributed by atoms with Gasteiger partial charge in [0.05, 0.1) is 24.0 Å². The Morgan fingerprint density at radius 1 is 1.38 bits per heavy atom. The molecule has 0 saturated heterocycles. The monoisotopic (exact) mass is 215 g/mol. The molecule has 82 valence electrons. The molecule has 0 unspecified atom stereocenters. The molecule has 2 aromatic rings. The molecule has 1 aromatic heterocycles. The fraction of sp³-hybridized carbons (Fsp3) is 0.250. The molecule has 0 N–H and O–H groups in total. The summed E-state index contributed by atoms with van der Waals surface area (Å²) in [6.45, 7) is 3.57. The highest BCUT2D eigenvalue weighted by Crippen LogP contribution is 2.14. The Bertz CT molecular complexity index is 516. The summed E-state index contributed by atoms with van der Waals surface area (Å²) < 4.78 is 1.72. The largest absolute Gasteiger partial charge is 0.300 e. The van der Waals surface area contributed by atoms with Crippen LogP contribution in [0.3, 0.4) is 0 Å². The second kappa shape index (κ2) is 4.26. The Morgan fingerprint density at radius 2 is 2.12 bits per heavy atom. The van der Waals surface area contributed by atoms with Crippen molar-refractivity contribution in [3.05, 3.63) is 41.7 Å². The smallest absolute Gasteiger partial charge is 0.135 e. The number of aromatic nitrogens is 3. The Hall–Kier alpha value is -1.97. The molecule has 0 saturated carbocycles. The molecule has 1 heterocycles. The van der Waals surface area contributed by atoms with Gasteiger partial charge >= 0.3 is 0 Å². The van der Waals surface area contributed by atoms with E-state index in [9.17, 15) is 4.79 Å². The van der Waals surface area contributed by atoms with Crippen LogP contribution in [0, 0.1) is 6.92 Å². The second-order valence-electron chi connectivity index (χ2n) is 3.80. The number of Topliss-reactive ketones (excluding diaryl/α,β-unsaturated/α-hetero) is 1. The van der Waals surface area contributed by atoms with E-state index in [1.165, 1.54) is 0 Å². The molecular formula is C12H13N3O. The van der Waals surface area contributed by atoms with E-state index >= 15 is 0 Å². The predicted molar refractivity (Wildman–Crippen MR) is 60.5 cm³/mol. The van der Waals surface area contributed by atoms with Crippen molar-refractivity contribution >= 4 is 5.78 Å². The average Bonchev–Trinajstić information content (AvgIpc) is 2.66. The zero-order valence-electron chi connectivity index (χ0n) is 9.34. The molecule has 2 rings (SSSR count). The molecule has 0 bridgehead atoms. The van der Waals surface area contributed by atoms with Gasteiger partial charge in [0.15, 0.2) is 0 Å².